The molecule has 0 aliphatic rings. The second-order valence-corrected chi connectivity index (χ2v) is 7.40. The van der Waals surface area contributed by atoms with Crippen molar-refractivity contribution in [3.05, 3.63) is 51.5 Å². The van der Waals surface area contributed by atoms with E-state index in [4.69, 9.17) is 4.74 Å². The smallest absolute Gasteiger partial charge is 0.348 e. The minimum absolute atomic E-state index is 0.00463. The molecule has 0 saturated carbocycles. The summed E-state index contributed by atoms with van der Waals surface area (Å²) in [5.41, 5.74) is 3.06. The number of ether oxygens (including phenoxy) is 1. The first-order valence-electron chi connectivity index (χ1n) is 7.84. The van der Waals surface area contributed by atoms with Crippen LogP contribution in [-0.2, 0) is 9.53 Å². The number of amides is 1. The number of benzene rings is 1. The van der Waals surface area contributed by atoms with Crippen LogP contribution in [0.1, 0.15) is 21.5 Å². The Labute approximate surface area is 160 Å². The van der Waals surface area contributed by atoms with E-state index in [1.54, 1.807) is 18.4 Å². The predicted molar refractivity (Wildman–Crippen MR) is 107 cm³/mol. The lowest BCUT2D eigenvalue weighted by Crippen LogP contribution is -2.11. The number of esters is 1. The molecule has 5 nitrogen and oxygen atoms in total. The number of methoxy groups -OCH3 is 1. The van der Waals surface area contributed by atoms with Crippen LogP contribution in [0.15, 0.2) is 41.8 Å². The summed E-state index contributed by atoms with van der Waals surface area (Å²) in [6.07, 6.45) is 0. The molecule has 0 saturated heterocycles. The number of nitrogens with one attached hydrogen (secondary N) is 1. The van der Waals surface area contributed by atoms with Crippen LogP contribution >= 0.6 is 22.7 Å². The number of hydrogen-bond donors (Lipinski definition) is 1. The van der Waals surface area contributed by atoms with Crippen LogP contribution < -0.4 is 5.32 Å². The Balaban J connectivity index is 0.000000431. The number of aromatic nitrogens is 1. The van der Waals surface area contributed by atoms with Crippen LogP contribution in [0.5, 0.6) is 0 Å². The van der Waals surface area contributed by atoms with Gasteiger partial charge in [-0.3, -0.25) is 4.79 Å². The third kappa shape index (κ3) is 5.00. The minimum Gasteiger partial charge on any atom is -0.465 e. The molecule has 0 spiro atoms. The molecule has 1 N–H and O–H groups in total. The van der Waals surface area contributed by atoms with Gasteiger partial charge in [0.15, 0.2) is 0 Å². The molecule has 1 aromatic carbocycles. The van der Waals surface area contributed by atoms with Gasteiger partial charge in [-0.25, -0.2) is 9.78 Å². The maximum Gasteiger partial charge on any atom is 0.348 e. The van der Waals surface area contributed by atoms with Gasteiger partial charge in [0.05, 0.1) is 12.8 Å². The average molecular weight is 389 g/mol. The van der Waals surface area contributed by atoms with E-state index in [0.29, 0.717) is 4.88 Å². The number of rotatable bonds is 3. The van der Waals surface area contributed by atoms with E-state index in [9.17, 15) is 9.59 Å². The first-order valence-corrected chi connectivity index (χ1v) is 9.54. The van der Waals surface area contributed by atoms with Gasteiger partial charge in [0, 0.05) is 35.4 Å². The van der Waals surface area contributed by atoms with Crippen molar-refractivity contribution in [1.82, 2.24) is 10.3 Å². The van der Waals surface area contributed by atoms with Crippen LogP contribution in [-0.4, -0.2) is 31.0 Å². The topological polar surface area (TPSA) is 68.3 Å². The molecule has 0 aliphatic heterocycles. The van der Waals surface area contributed by atoms with Gasteiger partial charge >= 0.3 is 5.97 Å². The molecule has 0 bridgehead atoms. The van der Waals surface area contributed by atoms with E-state index < -0.39 is 0 Å². The zero-order valence-electron chi connectivity index (χ0n) is 15.0. The molecule has 0 unspecified atom stereocenters. The van der Waals surface area contributed by atoms with Gasteiger partial charge in [0.1, 0.15) is 9.88 Å². The maximum atomic E-state index is 11.6. The molecule has 2 heterocycles. The monoisotopic (exact) mass is 388 g/mol. The highest BCUT2D eigenvalue weighted by atomic mass is 32.1. The quantitative estimate of drug-likeness (QED) is 0.676. The fourth-order valence-corrected chi connectivity index (χ4v) is 3.94. The van der Waals surface area contributed by atoms with Gasteiger partial charge < -0.3 is 10.1 Å². The summed E-state index contributed by atoms with van der Waals surface area (Å²) in [6, 6.07) is 11.9. The standard InChI is InChI=1S/C16H13NO2S2.C3H7NO/c1-10-12(8-14(21-10)16(18)19-2)15-17-13(9-20-15)11-6-4-3-5-7-11;1-3(5)4-2/h3-9H,1-2H3;1-2H3,(H,4,5). The Hall–Kier alpha value is -2.51. The lowest BCUT2D eigenvalue weighted by Gasteiger charge is -1.95. The summed E-state index contributed by atoms with van der Waals surface area (Å²) in [4.78, 5) is 27.7. The van der Waals surface area contributed by atoms with E-state index in [2.05, 4.69) is 10.3 Å². The van der Waals surface area contributed by atoms with Gasteiger partial charge in [-0.15, -0.1) is 22.7 Å². The van der Waals surface area contributed by atoms with Gasteiger partial charge in [0.2, 0.25) is 5.91 Å². The minimum atomic E-state index is -0.297. The number of thiazole rings is 1. The SMILES string of the molecule is CNC(C)=O.COC(=O)c1cc(-c2nc(-c3ccccc3)cs2)c(C)s1. The molecule has 0 radical (unpaired) electrons. The van der Waals surface area contributed by atoms with E-state index in [1.165, 1.54) is 25.4 Å². The highest BCUT2D eigenvalue weighted by Crippen LogP contribution is 2.35. The van der Waals surface area contributed by atoms with Gasteiger partial charge in [-0.05, 0) is 13.0 Å². The van der Waals surface area contributed by atoms with Crippen molar-refractivity contribution in [3.63, 3.8) is 0 Å². The maximum absolute atomic E-state index is 11.6. The number of nitrogens with zero attached hydrogens (tertiary/aromatic N) is 1. The van der Waals surface area contributed by atoms with Crippen molar-refractivity contribution in [2.75, 3.05) is 14.2 Å². The number of hydrogen-bond acceptors (Lipinski definition) is 6. The van der Waals surface area contributed by atoms with Crippen LogP contribution in [0.3, 0.4) is 0 Å². The molecule has 0 fully saturated rings. The Morgan fingerprint density at radius 1 is 1.19 bits per heavy atom. The summed E-state index contributed by atoms with van der Waals surface area (Å²) in [6.45, 7) is 3.47. The highest BCUT2D eigenvalue weighted by Gasteiger charge is 2.16. The van der Waals surface area contributed by atoms with Gasteiger partial charge in [-0.2, -0.15) is 0 Å². The lowest BCUT2D eigenvalue weighted by molar-refractivity contribution is -0.118. The fraction of sp³-hybridized carbons (Fsp3) is 0.211. The van der Waals surface area contributed by atoms with Crippen molar-refractivity contribution >= 4 is 34.6 Å². The van der Waals surface area contributed by atoms with Crippen molar-refractivity contribution in [1.29, 1.82) is 0 Å². The Kier molecular flexibility index (Phi) is 7.06. The van der Waals surface area contributed by atoms with Crippen LogP contribution in [0, 0.1) is 6.92 Å². The largest absolute Gasteiger partial charge is 0.465 e. The Morgan fingerprint density at radius 2 is 1.85 bits per heavy atom. The molecule has 3 aromatic rings. The van der Waals surface area contributed by atoms with Crippen LogP contribution in [0.4, 0.5) is 0 Å². The normalized spacial score (nSPS) is 9.85. The molecule has 136 valence electrons. The first-order chi connectivity index (χ1) is 12.5. The summed E-state index contributed by atoms with van der Waals surface area (Å²) in [7, 11) is 3.00. The molecule has 1 amide bonds. The second kappa shape index (κ2) is 9.26. The van der Waals surface area contributed by atoms with Gasteiger partial charge in [-0.1, -0.05) is 30.3 Å². The third-order valence-corrected chi connectivity index (χ3v) is 5.37. The Morgan fingerprint density at radius 3 is 2.42 bits per heavy atom. The van der Waals surface area contributed by atoms with Crippen LogP contribution in [0.2, 0.25) is 0 Å². The van der Waals surface area contributed by atoms with Crippen molar-refractivity contribution in [2.45, 2.75) is 13.8 Å². The third-order valence-electron chi connectivity index (χ3n) is 3.46. The van der Waals surface area contributed by atoms with Crippen molar-refractivity contribution < 1.29 is 14.3 Å². The summed E-state index contributed by atoms with van der Waals surface area (Å²) >= 11 is 3.03. The highest BCUT2D eigenvalue weighted by molar-refractivity contribution is 7.16. The van der Waals surface area contributed by atoms with Crippen molar-refractivity contribution in [3.8, 4) is 21.8 Å². The molecule has 26 heavy (non-hydrogen) atoms. The molecular formula is C19H20N2O3S2. The second-order valence-electron chi connectivity index (χ2n) is 5.28. The molecule has 0 atom stereocenters. The number of thiophene rings is 1. The van der Waals surface area contributed by atoms with Crippen molar-refractivity contribution in [2.24, 2.45) is 0 Å². The molecule has 7 heteroatoms. The summed E-state index contributed by atoms with van der Waals surface area (Å²) in [5, 5.41) is 5.36. The number of carbonyl (C=O) groups is 2. The van der Waals surface area contributed by atoms with E-state index >= 15 is 0 Å². The molecule has 3 rings (SSSR count). The Bertz CT molecular complexity index is 885. The van der Waals surface area contributed by atoms with E-state index in [1.807, 2.05) is 48.7 Å². The number of aryl methyl sites for hydroxylation is 1. The number of carbonyl (C=O) groups excluding carboxylic acids is 2. The first kappa shape index (κ1) is 19.8. The lowest BCUT2D eigenvalue weighted by atomic mass is 10.2. The molecule has 0 aliphatic carbocycles. The summed E-state index contributed by atoms with van der Waals surface area (Å²) in [5.74, 6) is -0.292. The fourth-order valence-electron chi connectivity index (χ4n) is 2.03. The van der Waals surface area contributed by atoms with E-state index in [0.717, 1.165) is 26.7 Å². The summed E-state index contributed by atoms with van der Waals surface area (Å²) < 4.78 is 4.77. The molecule has 2 aromatic heterocycles. The van der Waals surface area contributed by atoms with Gasteiger partial charge in [0.25, 0.3) is 0 Å². The average Bonchev–Trinajstić information content (AvgIpc) is 3.29. The predicted octanol–water partition coefficient (Wildman–Crippen LogP) is 4.39. The molecular weight excluding hydrogens is 368 g/mol. The van der Waals surface area contributed by atoms with E-state index in [-0.39, 0.29) is 11.9 Å². The zero-order chi connectivity index (χ0) is 19.1. The zero-order valence-corrected chi connectivity index (χ0v) is 16.7. The van der Waals surface area contributed by atoms with Crippen LogP contribution in [0.25, 0.3) is 21.8 Å².